The van der Waals surface area contributed by atoms with Gasteiger partial charge in [0.15, 0.2) is 11.6 Å². The van der Waals surface area contributed by atoms with Crippen molar-refractivity contribution >= 4 is 11.7 Å². The molecule has 0 heterocycles. The van der Waals surface area contributed by atoms with E-state index in [1.54, 1.807) is 19.1 Å². The SMILES string of the molecule is CCOc1cc(OC)cc(-c2ccc(NC3(C(=O)O)CCCCC3)cc2COC2CC2)c1F. The molecule has 0 aromatic heterocycles. The Bertz CT molecular complexity index is 998. The maximum absolute atomic E-state index is 15.4. The summed E-state index contributed by atoms with van der Waals surface area (Å²) in [5, 5.41) is 13.2. The van der Waals surface area contributed by atoms with E-state index in [1.165, 1.54) is 7.11 Å². The molecule has 2 aliphatic rings. The van der Waals surface area contributed by atoms with Gasteiger partial charge in [-0.2, -0.15) is 0 Å². The van der Waals surface area contributed by atoms with E-state index < -0.39 is 17.3 Å². The van der Waals surface area contributed by atoms with Gasteiger partial charge in [0.1, 0.15) is 11.3 Å². The van der Waals surface area contributed by atoms with Crippen molar-refractivity contribution in [1.29, 1.82) is 0 Å². The number of aliphatic carboxylic acids is 1. The topological polar surface area (TPSA) is 77.0 Å². The van der Waals surface area contributed by atoms with Gasteiger partial charge in [-0.1, -0.05) is 25.3 Å². The molecule has 0 amide bonds. The highest BCUT2D eigenvalue weighted by atomic mass is 19.1. The average molecular weight is 458 g/mol. The van der Waals surface area contributed by atoms with Crippen LogP contribution in [0.25, 0.3) is 11.1 Å². The summed E-state index contributed by atoms with van der Waals surface area (Å²) in [6, 6.07) is 8.71. The number of halogens is 1. The van der Waals surface area contributed by atoms with Gasteiger partial charge in [-0.3, -0.25) is 0 Å². The molecular weight excluding hydrogens is 425 g/mol. The Morgan fingerprint density at radius 1 is 1.15 bits per heavy atom. The highest BCUT2D eigenvalue weighted by Crippen LogP contribution is 2.39. The van der Waals surface area contributed by atoms with Crippen molar-refractivity contribution in [2.75, 3.05) is 19.0 Å². The Morgan fingerprint density at radius 2 is 1.91 bits per heavy atom. The monoisotopic (exact) mass is 457 g/mol. The maximum Gasteiger partial charge on any atom is 0.329 e. The first-order valence-corrected chi connectivity index (χ1v) is 11.7. The van der Waals surface area contributed by atoms with Crippen LogP contribution in [0.5, 0.6) is 11.5 Å². The third-order valence-electron chi connectivity index (χ3n) is 6.44. The number of hydrogen-bond donors (Lipinski definition) is 2. The fraction of sp³-hybridized carbons (Fsp3) is 0.500. The third kappa shape index (κ3) is 5.24. The number of ether oxygens (including phenoxy) is 3. The first kappa shape index (κ1) is 23.4. The van der Waals surface area contributed by atoms with Crippen LogP contribution in [0, 0.1) is 5.82 Å². The predicted octanol–water partition coefficient (Wildman–Crippen LogP) is 5.78. The number of benzene rings is 2. The molecule has 6 nitrogen and oxygen atoms in total. The van der Waals surface area contributed by atoms with Gasteiger partial charge in [-0.25, -0.2) is 9.18 Å². The minimum atomic E-state index is -0.974. The largest absolute Gasteiger partial charge is 0.497 e. The zero-order chi connectivity index (χ0) is 23.4. The van der Waals surface area contributed by atoms with Crippen molar-refractivity contribution < 1.29 is 28.5 Å². The molecule has 33 heavy (non-hydrogen) atoms. The number of rotatable bonds is 10. The highest BCUT2D eigenvalue weighted by Gasteiger charge is 2.39. The summed E-state index contributed by atoms with van der Waals surface area (Å²) in [5.41, 5.74) is 1.55. The molecule has 2 fully saturated rings. The van der Waals surface area contributed by atoms with Crippen LogP contribution in [0.1, 0.15) is 57.4 Å². The molecule has 0 atom stereocenters. The lowest BCUT2D eigenvalue weighted by Gasteiger charge is -2.35. The Morgan fingerprint density at radius 3 is 2.55 bits per heavy atom. The standard InChI is InChI=1S/C26H32FNO5/c1-3-32-23-15-20(31-2)14-22(24(23)27)21-10-7-18(13-17(21)16-33-19-8-9-19)28-26(25(29)30)11-5-4-6-12-26/h7,10,13-15,19,28H,3-6,8-9,11-12,16H2,1-2H3,(H,29,30). The van der Waals surface area contributed by atoms with E-state index >= 15 is 4.39 Å². The van der Waals surface area contributed by atoms with E-state index in [-0.39, 0.29) is 11.9 Å². The summed E-state index contributed by atoms with van der Waals surface area (Å²) in [6.07, 6.45) is 6.25. The summed E-state index contributed by atoms with van der Waals surface area (Å²) < 4.78 is 32.2. The molecule has 2 aromatic carbocycles. The van der Waals surface area contributed by atoms with Crippen LogP contribution < -0.4 is 14.8 Å². The first-order chi connectivity index (χ1) is 16.0. The van der Waals surface area contributed by atoms with Crippen molar-refractivity contribution in [3.05, 3.63) is 41.7 Å². The molecule has 0 unspecified atom stereocenters. The molecule has 178 valence electrons. The average Bonchev–Trinajstić information content (AvgIpc) is 3.65. The zero-order valence-corrected chi connectivity index (χ0v) is 19.3. The Kier molecular flexibility index (Phi) is 7.08. The molecule has 7 heteroatoms. The van der Waals surface area contributed by atoms with Crippen LogP contribution in [-0.2, 0) is 16.1 Å². The molecular formula is C26H32FNO5. The summed E-state index contributed by atoms with van der Waals surface area (Å²) in [6.45, 7) is 2.45. The maximum atomic E-state index is 15.4. The molecule has 2 saturated carbocycles. The van der Waals surface area contributed by atoms with Gasteiger partial charge in [-0.05, 0) is 61.9 Å². The predicted molar refractivity (Wildman–Crippen MR) is 124 cm³/mol. The summed E-state index contributed by atoms with van der Waals surface area (Å²) >= 11 is 0. The van der Waals surface area contributed by atoms with E-state index in [1.807, 2.05) is 18.2 Å². The van der Waals surface area contributed by atoms with Crippen molar-refractivity contribution in [3.8, 4) is 22.6 Å². The van der Waals surface area contributed by atoms with Gasteiger partial charge in [0, 0.05) is 17.3 Å². The lowest BCUT2D eigenvalue weighted by atomic mass is 9.81. The van der Waals surface area contributed by atoms with Crippen LogP contribution in [0.4, 0.5) is 10.1 Å². The number of anilines is 1. The van der Waals surface area contributed by atoms with Gasteiger partial charge in [0.2, 0.25) is 0 Å². The van der Waals surface area contributed by atoms with Crippen molar-refractivity contribution in [3.63, 3.8) is 0 Å². The van der Waals surface area contributed by atoms with Crippen LogP contribution in [0.3, 0.4) is 0 Å². The minimum absolute atomic E-state index is 0.134. The number of carboxylic acid groups (broad SMARTS) is 1. The van der Waals surface area contributed by atoms with Gasteiger partial charge in [0.05, 0.1) is 26.4 Å². The number of methoxy groups -OCH3 is 1. The van der Waals surface area contributed by atoms with E-state index in [4.69, 9.17) is 14.2 Å². The molecule has 0 spiro atoms. The van der Waals surface area contributed by atoms with Gasteiger partial charge < -0.3 is 24.6 Å². The van der Waals surface area contributed by atoms with Crippen LogP contribution in [0.2, 0.25) is 0 Å². The van der Waals surface area contributed by atoms with Gasteiger partial charge >= 0.3 is 5.97 Å². The quantitative estimate of drug-likeness (QED) is 0.471. The third-order valence-corrected chi connectivity index (χ3v) is 6.44. The van der Waals surface area contributed by atoms with Crippen molar-refractivity contribution in [2.45, 2.75) is 70.1 Å². The van der Waals surface area contributed by atoms with Crippen LogP contribution in [-0.4, -0.2) is 36.4 Å². The van der Waals surface area contributed by atoms with Crippen molar-refractivity contribution in [1.82, 2.24) is 0 Å². The van der Waals surface area contributed by atoms with Gasteiger partial charge in [-0.15, -0.1) is 0 Å². The summed E-state index contributed by atoms with van der Waals surface area (Å²) in [4.78, 5) is 12.1. The van der Waals surface area contributed by atoms with E-state index in [2.05, 4.69) is 5.32 Å². The molecule has 0 saturated heterocycles. The normalized spacial score (nSPS) is 17.4. The lowest BCUT2D eigenvalue weighted by Crippen LogP contribution is -2.47. The number of carbonyl (C=O) groups is 1. The number of carboxylic acids is 1. The Hall–Kier alpha value is -2.80. The molecule has 0 aliphatic heterocycles. The molecule has 4 rings (SSSR count). The summed E-state index contributed by atoms with van der Waals surface area (Å²) in [5.74, 6) is -0.657. The molecule has 0 radical (unpaired) electrons. The second-order valence-corrected chi connectivity index (χ2v) is 8.88. The lowest BCUT2D eigenvalue weighted by molar-refractivity contribution is -0.143. The smallest absolute Gasteiger partial charge is 0.329 e. The highest BCUT2D eigenvalue weighted by molar-refractivity contribution is 5.83. The fourth-order valence-corrected chi connectivity index (χ4v) is 4.47. The Labute approximate surface area is 194 Å². The van der Waals surface area contributed by atoms with E-state index in [0.717, 1.165) is 37.7 Å². The van der Waals surface area contributed by atoms with Crippen LogP contribution in [0.15, 0.2) is 30.3 Å². The summed E-state index contributed by atoms with van der Waals surface area (Å²) in [7, 11) is 1.53. The number of nitrogens with one attached hydrogen (secondary N) is 1. The second-order valence-electron chi connectivity index (χ2n) is 8.88. The minimum Gasteiger partial charge on any atom is -0.497 e. The van der Waals surface area contributed by atoms with E-state index in [0.29, 0.717) is 48.6 Å². The number of hydrogen-bond acceptors (Lipinski definition) is 5. The molecule has 2 N–H and O–H groups in total. The fourth-order valence-electron chi connectivity index (χ4n) is 4.47. The van der Waals surface area contributed by atoms with Crippen molar-refractivity contribution in [2.24, 2.45) is 0 Å². The molecule has 2 aliphatic carbocycles. The van der Waals surface area contributed by atoms with Crippen LogP contribution >= 0.6 is 0 Å². The second kappa shape index (κ2) is 10.00. The van der Waals surface area contributed by atoms with E-state index in [9.17, 15) is 9.90 Å². The Balaban J connectivity index is 1.73. The first-order valence-electron chi connectivity index (χ1n) is 11.7. The van der Waals surface area contributed by atoms with Gasteiger partial charge in [0.25, 0.3) is 0 Å². The zero-order valence-electron chi connectivity index (χ0n) is 19.3. The molecule has 0 bridgehead atoms. The molecule has 2 aromatic rings.